The number of anilines is 1. The number of fused-ring (bicyclic) bond motifs is 1. The molecule has 0 saturated carbocycles. The van der Waals surface area contributed by atoms with Crippen LogP contribution in [0.4, 0.5) is 31.5 Å². The number of amides is 1. The maximum atomic E-state index is 13.3. The predicted molar refractivity (Wildman–Crippen MR) is 137 cm³/mol. The summed E-state index contributed by atoms with van der Waals surface area (Å²) in [6, 6.07) is 8.28. The third kappa shape index (κ3) is 6.09. The summed E-state index contributed by atoms with van der Waals surface area (Å²) in [5.41, 5.74) is -3.27. The first-order chi connectivity index (χ1) is 18.5. The summed E-state index contributed by atoms with van der Waals surface area (Å²) in [7, 11) is 1.23. The standard InChI is InChI=1S/C27H21F6N3O3S/c1-25(2,3)21-20(23(38)39-4)35-24(40-21)36-22(37)14-6-8-18-13(9-14)5-7-19(34-18)15-10-16(26(28,29)30)12-17(11-15)27(31,32)33/h5-12H,1-4H3,(H,35,36,37). The van der Waals surface area contributed by atoms with Gasteiger partial charge in [0, 0.05) is 21.4 Å². The van der Waals surface area contributed by atoms with Crippen LogP contribution in [0.1, 0.15) is 57.6 Å². The van der Waals surface area contributed by atoms with Crippen LogP contribution in [-0.2, 0) is 22.5 Å². The average molecular weight is 582 g/mol. The summed E-state index contributed by atoms with van der Waals surface area (Å²) >= 11 is 1.13. The molecule has 0 saturated heterocycles. The molecule has 0 aliphatic heterocycles. The Morgan fingerprint density at radius 1 is 0.850 bits per heavy atom. The predicted octanol–water partition coefficient (Wildman–Crippen LogP) is 7.73. The van der Waals surface area contributed by atoms with Gasteiger partial charge in [0.1, 0.15) is 0 Å². The van der Waals surface area contributed by atoms with Crippen LogP contribution in [0, 0.1) is 0 Å². The molecule has 0 atom stereocenters. The highest BCUT2D eigenvalue weighted by Gasteiger charge is 2.37. The largest absolute Gasteiger partial charge is 0.464 e. The van der Waals surface area contributed by atoms with Crippen molar-refractivity contribution in [3.05, 3.63) is 75.8 Å². The number of halogens is 6. The monoisotopic (exact) mass is 581 g/mol. The quantitative estimate of drug-likeness (QED) is 0.197. The lowest BCUT2D eigenvalue weighted by molar-refractivity contribution is -0.143. The van der Waals surface area contributed by atoms with Gasteiger partial charge in [-0.2, -0.15) is 26.3 Å². The molecule has 1 N–H and O–H groups in total. The second-order valence-electron chi connectivity index (χ2n) is 9.79. The van der Waals surface area contributed by atoms with Crippen molar-refractivity contribution in [3.8, 4) is 11.3 Å². The Balaban J connectivity index is 1.66. The van der Waals surface area contributed by atoms with Gasteiger partial charge in [0.2, 0.25) is 0 Å². The SMILES string of the molecule is COC(=O)c1nc(NC(=O)c2ccc3nc(-c4cc(C(F)(F)F)cc(C(F)(F)F)c4)ccc3c2)sc1C(C)(C)C. The van der Waals surface area contributed by atoms with Gasteiger partial charge < -0.3 is 4.74 Å². The summed E-state index contributed by atoms with van der Waals surface area (Å²) in [5.74, 6) is -1.19. The lowest BCUT2D eigenvalue weighted by Gasteiger charge is -2.16. The van der Waals surface area contributed by atoms with Crippen molar-refractivity contribution in [2.75, 3.05) is 12.4 Å². The van der Waals surface area contributed by atoms with Crippen molar-refractivity contribution < 1.29 is 40.7 Å². The second-order valence-corrected chi connectivity index (χ2v) is 10.8. The molecule has 0 aliphatic rings. The molecule has 40 heavy (non-hydrogen) atoms. The molecule has 6 nitrogen and oxygen atoms in total. The first kappa shape index (κ1) is 29.0. The highest BCUT2D eigenvalue weighted by Crippen LogP contribution is 2.39. The number of pyridine rings is 1. The Morgan fingerprint density at radius 2 is 1.48 bits per heavy atom. The van der Waals surface area contributed by atoms with Crippen molar-refractivity contribution in [3.63, 3.8) is 0 Å². The molecule has 4 aromatic rings. The fraction of sp³-hybridized carbons (Fsp3) is 0.259. The number of nitrogens with zero attached hydrogens (tertiary/aromatic N) is 2. The number of nitrogens with one attached hydrogen (secondary N) is 1. The van der Waals surface area contributed by atoms with Crippen molar-refractivity contribution in [2.45, 2.75) is 38.5 Å². The molecule has 0 fully saturated rings. The number of hydrogen-bond acceptors (Lipinski definition) is 6. The summed E-state index contributed by atoms with van der Waals surface area (Å²) in [6.45, 7) is 5.64. The summed E-state index contributed by atoms with van der Waals surface area (Å²) in [4.78, 5) is 34.1. The van der Waals surface area contributed by atoms with Gasteiger partial charge in [-0.1, -0.05) is 26.8 Å². The van der Waals surface area contributed by atoms with E-state index in [1.54, 1.807) is 0 Å². The van der Waals surface area contributed by atoms with Gasteiger partial charge >= 0.3 is 18.3 Å². The summed E-state index contributed by atoms with van der Waals surface area (Å²) < 4.78 is 84.4. The van der Waals surface area contributed by atoms with E-state index in [4.69, 9.17) is 4.74 Å². The zero-order valence-corrected chi connectivity index (χ0v) is 22.2. The van der Waals surface area contributed by atoms with Gasteiger partial charge in [0.25, 0.3) is 5.91 Å². The van der Waals surface area contributed by atoms with Crippen molar-refractivity contribution in [2.24, 2.45) is 0 Å². The number of methoxy groups -OCH3 is 1. The van der Waals surface area contributed by atoms with Crippen LogP contribution in [0.5, 0.6) is 0 Å². The van der Waals surface area contributed by atoms with E-state index in [9.17, 15) is 35.9 Å². The Hall–Kier alpha value is -4.00. The van der Waals surface area contributed by atoms with E-state index in [2.05, 4.69) is 15.3 Å². The first-order valence-electron chi connectivity index (χ1n) is 11.6. The smallest absolute Gasteiger partial charge is 0.416 e. The highest BCUT2D eigenvalue weighted by atomic mass is 32.1. The molecule has 2 aromatic carbocycles. The topological polar surface area (TPSA) is 81.2 Å². The fourth-order valence-corrected chi connectivity index (χ4v) is 4.82. The number of rotatable bonds is 4. The van der Waals surface area contributed by atoms with Crippen LogP contribution < -0.4 is 5.32 Å². The van der Waals surface area contributed by atoms with Crippen LogP contribution in [0.3, 0.4) is 0 Å². The third-order valence-corrected chi connectivity index (χ3v) is 7.14. The number of alkyl halides is 6. The van der Waals surface area contributed by atoms with Crippen LogP contribution in [0.15, 0.2) is 48.5 Å². The Bertz CT molecular complexity index is 1590. The number of aromatic nitrogens is 2. The zero-order chi connectivity index (χ0) is 29.6. The number of esters is 1. The van der Waals surface area contributed by atoms with Gasteiger partial charge in [-0.25, -0.2) is 14.8 Å². The number of ether oxygens (including phenoxy) is 1. The molecule has 210 valence electrons. The number of hydrogen-bond donors (Lipinski definition) is 1. The van der Waals surface area contributed by atoms with Crippen molar-refractivity contribution in [1.29, 1.82) is 0 Å². The third-order valence-electron chi connectivity index (χ3n) is 5.74. The molecule has 0 spiro atoms. The molecule has 2 aromatic heterocycles. The van der Waals surface area contributed by atoms with E-state index in [1.807, 2.05) is 20.8 Å². The maximum Gasteiger partial charge on any atom is 0.416 e. The van der Waals surface area contributed by atoms with Crippen LogP contribution >= 0.6 is 11.3 Å². The zero-order valence-electron chi connectivity index (χ0n) is 21.4. The van der Waals surface area contributed by atoms with E-state index in [0.29, 0.717) is 22.4 Å². The van der Waals surface area contributed by atoms with Crippen molar-refractivity contribution >= 4 is 39.2 Å². The van der Waals surface area contributed by atoms with Crippen LogP contribution in [0.2, 0.25) is 0 Å². The van der Waals surface area contributed by atoms with E-state index in [1.165, 1.54) is 37.4 Å². The fourth-order valence-electron chi connectivity index (χ4n) is 3.82. The first-order valence-corrected chi connectivity index (χ1v) is 12.4. The van der Waals surface area contributed by atoms with Gasteiger partial charge in [0.05, 0.1) is 29.4 Å². The number of thiazole rings is 1. The molecule has 4 rings (SSSR count). The molecule has 1 amide bonds. The molecule has 0 radical (unpaired) electrons. The normalized spacial score (nSPS) is 12.4. The molecule has 0 aliphatic carbocycles. The maximum absolute atomic E-state index is 13.3. The van der Waals surface area contributed by atoms with E-state index in [-0.39, 0.29) is 39.2 Å². The van der Waals surface area contributed by atoms with Gasteiger partial charge in [0.15, 0.2) is 10.8 Å². The minimum Gasteiger partial charge on any atom is -0.464 e. The molecular weight excluding hydrogens is 560 g/mol. The van der Waals surface area contributed by atoms with E-state index in [0.717, 1.165) is 11.3 Å². The molecule has 0 bridgehead atoms. The Morgan fingerprint density at radius 3 is 2.02 bits per heavy atom. The van der Waals surface area contributed by atoms with E-state index >= 15 is 0 Å². The van der Waals surface area contributed by atoms with Gasteiger partial charge in [-0.15, -0.1) is 11.3 Å². The lowest BCUT2D eigenvalue weighted by Crippen LogP contribution is -2.15. The lowest BCUT2D eigenvalue weighted by atomic mass is 9.93. The minimum absolute atomic E-state index is 0.0521. The molecule has 0 unspecified atom stereocenters. The molecule has 13 heteroatoms. The number of benzene rings is 2. The molecule has 2 heterocycles. The second kappa shape index (κ2) is 10.2. The Kier molecular flexibility index (Phi) is 7.39. The van der Waals surface area contributed by atoms with Gasteiger partial charge in [-0.05, 0) is 47.9 Å². The average Bonchev–Trinajstić information content (AvgIpc) is 3.30. The molecular formula is C27H21F6N3O3S. The number of carbonyl (C=O) groups excluding carboxylic acids is 2. The summed E-state index contributed by atoms with van der Waals surface area (Å²) in [6.07, 6.45) is -9.98. The highest BCUT2D eigenvalue weighted by molar-refractivity contribution is 7.16. The van der Waals surface area contributed by atoms with Crippen molar-refractivity contribution in [1.82, 2.24) is 9.97 Å². The van der Waals surface area contributed by atoms with Crippen LogP contribution in [0.25, 0.3) is 22.2 Å². The van der Waals surface area contributed by atoms with E-state index < -0.39 is 40.8 Å². The Labute approximate surface area is 228 Å². The minimum atomic E-state index is -4.99. The van der Waals surface area contributed by atoms with Crippen LogP contribution in [-0.4, -0.2) is 29.0 Å². The summed E-state index contributed by atoms with van der Waals surface area (Å²) in [5, 5.41) is 3.24. The van der Waals surface area contributed by atoms with Gasteiger partial charge in [-0.3, -0.25) is 10.1 Å². The number of carbonyl (C=O) groups is 2.